The van der Waals surface area contributed by atoms with Crippen LogP contribution < -0.4 is 5.56 Å². The van der Waals surface area contributed by atoms with Gasteiger partial charge in [-0.3, -0.25) is 9.59 Å². The lowest BCUT2D eigenvalue weighted by Gasteiger charge is -2.40. The van der Waals surface area contributed by atoms with Gasteiger partial charge in [0.1, 0.15) is 0 Å². The first-order valence-electron chi connectivity index (χ1n) is 10.4. The Morgan fingerprint density at radius 3 is 2.54 bits per heavy atom. The van der Waals surface area contributed by atoms with Crippen molar-refractivity contribution in [1.29, 1.82) is 0 Å². The molecule has 0 atom stereocenters. The van der Waals surface area contributed by atoms with Gasteiger partial charge in [-0.05, 0) is 44.8 Å². The lowest BCUT2D eigenvalue weighted by Crippen LogP contribution is -2.48. The summed E-state index contributed by atoms with van der Waals surface area (Å²) in [6.07, 6.45) is 6.18. The number of benzene rings is 1. The minimum absolute atomic E-state index is 0.0315. The second-order valence-corrected chi connectivity index (χ2v) is 8.94. The van der Waals surface area contributed by atoms with Gasteiger partial charge in [0.15, 0.2) is 0 Å². The Bertz CT molecular complexity index is 896. The second-order valence-electron chi connectivity index (χ2n) is 7.92. The quantitative estimate of drug-likeness (QED) is 0.741. The van der Waals surface area contributed by atoms with E-state index in [-0.39, 0.29) is 11.5 Å². The molecule has 5 nitrogen and oxygen atoms in total. The highest BCUT2D eigenvalue weighted by atomic mass is 32.2. The summed E-state index contributed by atoms with van der Waals surface area (Å²) in [6.45, 7) is 4.17. The van der Waals surface area contributed by atoms with Gasteiger partial charge in [-0.1, -0.05) is 24.6 Å². The number of carbonyl (C=O) groups is 1. The maximum atomic E-state index is 12.8. The number of rotatable bonds is 4. The van der Waals surface area contributed by atoms with E-state index in [0.29, 0.717) is 11.8 Å². The first kappa shape index (κ1) is 19.5. The third-order valence-electron chi connectivity index (χ3n) is 6.19. The van der Waals surface area contributed by atoms with Crippen LogP contribution in [0.25, 0.3) is 10.9 Å². The van der Waals surface area contributed by atoms with E-state index in [0.717, 1.165) is 41.7 Å². The smallest absolute Gasteiger partial charge is 0.251 e. The molecular weight excluding hydrogens is 370 g/mol. The number of likely N-dealkylation sites (tertiary alicyclic amines) is 2. The van der Waals surface area contributed by atoms with Gasteiger partial charge < -0.3 is 14.4 Å². The molecule has 2 saturated heterocycles. The SMILES string of the molecule is Cn1c(=O)cc(SCC(=O)N2CCC(N3CCCCC3)CC2)c2ccccc21. The van der Waals surface area contributed by atoms with Crippen molar-refractivity contribution in [3.8, 4) is 0 Å². The van der Waals surface area contributed by atoms with Crippen molar-refractivity contribution in [3.05, 3.63) is 40.7 Å². The van der Waals surface area contributed by atoms with Gasteiger partial charge in [0.25, 0.3) is 5.56 Å². The van der Waals surface area contributed by atoms with E-state index in [4.69, 9.17) is 0 Å². The molecule has 0 radical (unpaired) electrons. The van der Waals surface area contributed by atoms with Gasteiger partial charge in [-0.15, -0.1) is 11.8 Å². The molecule has 1 amide bonds. The first-order valence-corrected chi connectivity index (χ1v) is 11.4. The Kier molecular flexibility index (Phi) is 6.07. The van der Waals surface area contributed by atoms with Crippen LogP contribution >= 0.6 is 11.8 Å². The van der Waals surface area contributed by atoms with Gasteiger partial charge in [0.05, 0.1) is 11.3 Å². The summed E-state index contributed by atoms with van der Waals surface area (Å²) < 4.78 is 1.66. The maximum absolute atomic E-state index is 12.8. The number of pyridine rings is 1. The number of hydrogen-bond donors (Lipinski definition) is 0. The number of hydrogen-bond acceptors (Lipinski definition) is 4. The van der Waals surface area contributed by atoms with Crippen LogP contribution in [0.15, 0.2) is 40.0 Å². The molecule has 4 rings (SSSR count). The lowest BCUT2D eigenvalue weighted by atomic mass is 10.00. The zero-order chi connectivity index (χ0) is 19.5. The zero-order valence-corrected chi connectivity index (χ0v) is 17.4. The van der Waals surface area contributed by atoms with Crippen LogP contribution in [0.1, 0.15) is 32.1 Å². The molecule has 2 aromatic rings. The molecule has 0 aliphatic carbocycles. The van der Waals surface area contributed by atoms with E-state index in [2.05, 4.69) is 4.90 Å². The summed E-state index contributed by atoms with van der Waals surface area (Å²) in [5.74, 6) is 0.581. The summed E-state index contributed by atoms with van der Waals surface area (Å²) in [4.78, 5) is 30.5. The van der Waals surface area contributed by atoms with Crippen LogP contribution in [-0.4, -0.2) is 58.2 Å². The molecule has 0 unspecified atom stereocenters. The monoisotopic (exact) mass is 399 g/mol. The van der Waals surface area contributed by atoms with Crippen LogP contribution in [0, 0.1) is 0 Å². The average molecular weight is 400 g/mol. The lowest BCUT2D eigenvalue weighted by molar-refractivity contribution is -0.129. The first-order chi connectivity index (χ1) is 13.6. The standard InChI is InChI=1S/C22H29N3O2S/c1-23-19-8-4-3-7-18(19)20(15-21(23)26)28-16-22(27)25-13-9-17(10-14-25)24-11-5-2-6-12-24/h3-4,7-8,15,17H,2,5-6,9-14,16H2,1H3. The van der Waals surface area contributed by atoms with Crippen LogP contribution in [0.2, 0.25) is 0 Å². The molecule has 1 aromatic carbocycles. The number of fused-ring (bicyclic) bond motifs is 1. The predicted octanol–water partition coefficient (Wildman–Crippen LogP) is 3.11. The second kappa shape index (κ2) is 8.70. The molecule has 0 N–H and O–H groups in total. The van der Waals surface area contributed by atoms with Gasteiger partial charge in [-0.25, -0.2) is 0 Å². The Morgan fingerprint density at radius 2 is 1.79 bits per heavy atom. The molecule has 1 aromatic heterocycles. The third-order valence-corrected chi connectivity index (χ3v) is 7.23. The fourth-order valence-electron chi connectivity index (χ4n) is 4.49. The molecule has 2 fully saturated rings. The summed E-state index contributed by atoms with van der Waals surface area (Å²) in [7, 11) is 1.79. The zero-order valence-electron chi connectivity index (χ0n) is 16.6. The minimum Gasteiger partial charge on any atom is -0.342 e. The number of amides is 1. The van der Waals surface area contributed by atoms with Crippen molar-refractivity contribution >= 4 is 28.6 Å². The number of para-hydroxylation sites is 1. The number of thioether (sulfide) groups is 1. The van der Waals surface area contributed by atoms with Crippen LogP contribution in [0.3, 0.4) is 0 Å². The summed E-state index contributed by atoms with van der Waals surface area (Å²) in [5.41, 5.74) is 0.878. The van der Waals surface area contributed by atoms with E-state index >= 15 is 0 Å². The van der Waals surface area contributed by atoms with Crippen molar-refractivity contribution in [2.24, 2.45) is 7.05 Å². The van der Waals surface area contributed by atoms with Gasteiger partial charge in [0.2, 0.25) is 5.91 Å². The molecule has 2 aliphatic heterocycles. The largest absolute Gasteiger partial charge is 0.342 e. The highest BCUT2D eigenvalue weighted by Gasteiger charge is 2.27. The fourth-order valence-corrected chi connectivity index (χ4v) is 5.47. The Morgan fingerprint density at radius 1 is 1.07 bits per heavy atom. The van der Waals surface area contributed by atoms with E-state index in [9.17, 15) is 9.59 Å². The number of carbonyl (C=O) groups excluding carboxylic acids is 1. The van der Waals surface area contributed by atoms with Crippen LogP contribution in [0.4, 0.5) is 0 Å². The molecule has 3 heterocycles. The topological polar surface area (TPSA) is 45.6 Å². The van der Waals surface area contributed by atoms with E-state index < -0.39 is 0 Å². The fraction of sp³-hybridized carbons (Fsp3) is 0.545. The van der Waals surface area contributed by atoms with Crippen molar-refractivity contribution in [1.82, 2.24) is 14.4 Å². The van der Waals surface area contributed by atoms with E-state index in [1.807, 2.05) is 29.2 Å². The Labute approximate surface area is 170 Å². The highest BCUT2D eigenvalue weighted by molar-refractivity contribution is 8.00. The molecule has 6 heteroatoms. The van der Waals surface area contributed by atoms with Crippen molar-refractivity contribution in [2.45, 2.75) is 43.0 Å². The molecular formula is C22H29N3O2S. The molecule has 150 valence electrons. The van der Waals surface area contributed by atoms with E-state index in [1.54, 1.807) is 17.7 Å². The highest BCUT2D eigenvalue weighted by Crippen LogP contribution is 2.27. The normalized spacial score (nSPS) is 19.2. The van der Waals surface area contributed by atoms with E-state index in [1.165, 1.54) is 44.1 Å². The molecule has 0 spiro atoms. The number of piperidine rings is 2. The summed E-state index contributed by atoms with van der Waals surface area (Å²) in [6, 6.07) is 10.2. The van der Waals surface area contributed by atoms with Crippen molar-refractivity contribution in [3.63, 3.8) is 0 Å². The summed E-state index contributed by atoms with van der Waals surface area (Å²) >= 11 is 1.49. The third kappa shape index (κ3) is 4.13. The number of aromatic nitrogens is 1. The predicted molar refractivity (Wildman–Crippen MR) is 115 cm³/mol. The average Bonchev–Trinajstić information content (AvgIpc) is 2.76. The molecule has 0 saturated carbocycles. The maximum Gasteiger partial charge on any atom is 0.251 e. The van der Waals surface area contributed by atoms with Crippen molar-refractivity contribution in [2.75, 3.05) is 31.9 Å². The van der Waals surface area contributed by atoms with Crippen LogP contribution in [0.5, 0.6) is 0 Å². The number of nitrogens with zero attached hydrogens (tertiary/aromatic N) is 3. The minimum atomic E-state index is -0.0315. The van der Waals surface area contributed by atoms with Crippen molar-refractivity contribution < 1.29 is 4.79 Å². The van der Waals surface area contributed by atoms with Crippen LogP contribution in [-0.2, 0) is 11.8 Å². The molecule has 28 heavy (non-hydrogen) atoms. The molecule has 0 bridgehead atoms. The molecule has 2 aliphatic rings. The van der Waals surface area contributed by atoms with Gasteiger partial charge in [0, 0.05) is 42.5 Å². The summed E-state index contributed by atoms with van der Waals surface area (Å²) in [5, 5.41) is 1.03. The Balaban J connectivity index is 1.36. The Hall–Kier alpha value is -1.79. The van der Waals surface area contributed by atoms with Gasteiger partial charge in [-0.2, -0.15) is 0 Å². The van der Waals surface area contributed by atoms with Gasteiger partial charge >= 0.3 is 0 Å². The number of aryl methyl sites for hydroxylation is 1.